The predicted octanol–water partition coefficient (Wildman–Crippen LogP) is 2.17. The van der Waals surface area contributed by atoms with E-state index in [1.165, 1.54) is 14.2 Å². The quantitative estimate of drug-likeness (QED) is 0.745. The van der Waals surface area contributed by atoms with Crippen molar-refractivity contribution in [2.24, 2.45) is 0 Å². The van der Waals surface area contributed by atoms with E-state index < -0.39 is 6.03 Å². The van der Waals surface area contributed by atoms with Gasteiger partial charge < -0.3 is 20.1 Å². The van der Waals surface area contributed by atoms with Gasteiger partial charge in [-0.1, -0.05) is 6.07 Å². The summed E-state index contributed by atoms with van der Waals surface area (Å²) >= 11 is 0. The first-order chi connectivity index (χ1) is 12.0. The number of anilines is 2. The highest BCUT2D eigenvalue weighted by atomic mass is 16.5. The molecule has 3 amide bonds. The number of aromatic nitrogens is 1. The van der Waals surface area contributed by atoms with E-state index in [0.717, 1.165) is 5.56 Å². The summed E-state index contributed by atoms with van der Waals surface area (Å²) in [4.78, 5) is 27.8. The normalized spacial score (nSPS) is 9.88. The summed E-state index contributed by atoms with van der Waals surface area (Å²) in [5.41, 5.74) is 1.49. The SMILES string of the molecule is COc1cc(NC(=O)CNC(=O)Nc2ccc(C)cn2)cc(OC)c1. The lowest BCUT2D eigenvalue weighted by Gasteiger charge is -2.11. The van der Waals surface area contributed by atoms with E-state index in [9.17, 15) is 9.59 Å². The van der Waals surface area contributed by atoms with E-state index in [2.05, 4.69) is 20.9 Å². The van der Waals surface area contributed by atoms with Crippen molar-refractivity contribution in [1.29, 1.82) is 0 Å². The maximum Gasteiger partial charge on any atom is 0.320 e. The van der Waals surface area contributed by atoms with E-state index in [0.29, 0.717) is 23.0 Å². The van der Waals surface area contributed by atoms with Crippen molar-refractivity contribution in [3.63, 3.8) is 0 Å². The Labute approximate surface area is 145 Å². The van der Waals surface area contributed by atoms with E-state index in [4.69, 9.17) is 9.47 Å². The van der Waals surface area contributed by atoms with Crippen molar-refractivity contribution >= 4 is 23.4 Å². The number of benzene rings is 1. The lowest BCUT2D eigenvalue weighted by atomic mass is 10.2. The third-order valence-electron chi connectivity index (χ3n) is 3.20. The minimum absolute atomic E-state index is 0.197. The molecule has 0 saturated heterocycles. The van der Waals surface area contributed by atoms with E-state index >= 15 is 0 Å². The molecular weight excluding hydrogens is 324 g/mol. The lowest BCUT2D eigenvalue weighted by Crippen LogP contribution is -2.36. The molecule has 2 aromatic rings. The van der Waals surface area contributed by atoms with Crippen LogP contribution in [0, 0.1) is 6.92 Å². The van der Waals surface area contributed by atoms with Crippen LogP contribution in [0.5, 0.6) is 11.5 Å². The number of rotatable bonds is 6. The van der Waals surface area contributed by atoms with E-state index in [1.54, 1.807) is 30.5 Å². The molecule has 0 aliphatic heterocycles. The number of methoxy groups -OCH3 is 2. The molecule has 0 aliphatic rings. The third-order valence-corrected chi connectivity index (χ3v) is 3.20. The van der Waals surface area contributed by atoms with Crippen LogP contribution < -0.4 is 25.4 Å². The average Bonchev–Trinajstić information content (AvgIpc) is 2.61. The number of nitrogens with zero attached hydrogens (tertiary/aromatic N) is 1. The minimum Gasteiger partial charge on any atom is -0.497 e. The predicted molar refractivity (Wildman–Crippen MR) is 94.2 cm³/mol. The second kappa shape index (κ2) is 8.53. The van der Waals surface area contributed by atoms with Crippen molar-refractivity contribution in [2.75, 3.05) is 31.4 Å². The number of nitrogens with one attached hydrogen (secondary N) is 3. The minimum atomic E-state index is -0.519. The van der Waals surface area contributed by atoms with Crippen molar-refractivity contribution < 1.29 is 19.1 Å². The zero-order chi connectivity index (χ0) is 18.2. The monoisotopic (exact) mass is 344 g/mol. The van der Waals surface area contributed by atoms with Crippen LogP contribution in [-0.4, -0.2) is 37.7 Å². The maximum absolute atomic E-state index is 12.0. The molecule has 0 saturated carbocycles. The highest BCUT2D eigenvalue weighted by Gasteiger charge is 2.08. The number of ether oxygens (including phenoxy) is 2. The summed E-state index contributed by atoms with van der Waals surface area (Å²) in [5.74, 6) is 1.11. The van der Waals surface area contributed by atoms with Gasteiger partial charge >= 0.3 is 6.03 Å². The van der Waals surface area contributed by atoms with Gasteiger partial charge in [0.05, 0.1) is 20.8 Å². The molecule has 1 aromatic carbocycles. The molecule has 0 bridgehead atoms. The average molecular weight is 344 g/mol. The second-order valence-corrected chi connectivity index (χ2v) is 5.18. The number of urea groups is 1. The summed E-state index contributed by atoms with van der Waals surface area (Å²) < 4.78 is 10.3. The Balaban J connectivity index is 1.85. The van der Waals surface area contributed by atoms with Crippen LogP contribution in [0.25, 0.3) is 0 Å². The van der Waals surface area contributed by atoms with Crippen LogP contribution in [0.2, 0.25) is 0 Å². The fraction of sp³-hybridized carbons (Fsp3) is 0.235. The fourth-order valence-corrected chi connectivity index (χ4v) is 1.95. The first-order valence-corrected chi connectivity index (χ1v) is 7.50. The van der Waals surface area contributed by atoms with E-state index in [1.807, 2.05) is 13.0 Å². The van der Waals surface area contributed by atoms with Crippen molar-refractivity contribution in [1.82, 2.24) is 10.3 Å². The van der Waals surface area contributed by atoms with Crippen LogP contribution in [0.1, 0.15) is 5.56 Å². The molecule has 0 atom stereocenters. The summed E-state index contributed by atoms with van der Waals surface area (Å²) in [6, 6.07) is 7.97. The summed E-state index contributed by atoms with van der Waals surface area (Å²) in [6.07, 6.45) is 1.64. The Bertz CT molecular complexity index is 725. The lowest BCUT2D eigenvalue weighted by molar-refractivity contribution is -0.115. The number of carbonyl (C=O) groups excluding carboxylic acids is 2. The molecule has 8 nitrogen and oxygen atoms in total. The molecule has 0 fully saturated rings. The molecular formula is C17H20N4O4. The van der Waals surface area contributed by atoms with Gasteiger partial charge in [-0.25, -0.2) is 9.78 Å². The summed E-state index contributed by atoms with van der Waals surface area (Å²) in [6.45, 7) is 1.70. The Morgan fingerprint density at radius 3 is 2.28 bits per heavy atom. The highest BCUT2D eigenvalue weighted by Crippen LogP contribution is 2.25. The molecule has 3 N–H and O–H groups in total. The van der Waals surface area contributed by atoms with Crippen LogP contribution >= 0.6 is 0 Å². The zero-order valence-electron chi connectivity index (χ0n) is 14.3. The molecule has 8 heteroatoms. The molecule has 0 aliphatic carbocycles. The Kier molecular flexibility index (Phi) is 6.16. The Morgan fingerprint density at radius 2 is 1.72 bits per heavy atom. The molecule has 2 rings (SSSR count). The Morgan fingerprint density at radius 1 is 1.04 bits per heavy atom. The number of aryl methyl sites for hydroxylation is 1. The number of pyridine rings is 1. The topological polar surface area (TPSA) is 102 Å². The summed E-state index contributed by atoms with van der Waals surface area (Å²) in [5, 5.41) is 7.66. The maximum atomic E-state index is 12.0. The van der Waals surface area contributed by atoms with Gasteiger partial charge in [0.15, 0.2) is 0 Å². The summed E-state index contributed by atoms with van der Waals surface area (Å²) in [7, 11) is 3.04. The van der Waals surface area contributed by atoms with Gasteiger partial charge in [-0.3, -0.25) is 10.1 Å². The van der Waals surface area contributed by atoms with Crippen LogP contribution in [-0.2, 0) is 4.79 Å². The highest BCUT2D eigenvalue weighted by molar-refractivity contribution is 5.96. The fourth-order valence-electron chi connectivity index (χ4n) is 1.95. The van der Waals surface area contributed by atoms with Gasteiger partial charge in [0, 0.05) is 30.1 Å². The first-order valence-electron chi connectivity index (χ1n) is 7.50. The van der Waals surface area contributed by atoms with Gasteiger partial charge in [0.1, 0.15) is 17.3 Å². The number of hydrogen-bond donors (Lipinski definition) is 3. The molecule has 1 heterocycles. The Hall–Kier alpha value is -3.29. The number of hydrogen-bond acceptors (Lipinski definition) is 5. The molecule has 0 radical (unpaired) electrons. The van der Waals surface area contributed by atoms with Crippen LogP contribution in [0.4, 0.5) is 16.3 Å². The standard InChI is InChI=1S/C17H20N4O4/c1-11-4-5-15(18-9-11)21-17(23)19-10-16(22)20-12-6-13(24-2)8-14(7-12)25-3/h4-9H,10H2,1-3H3,(H,20,22)(H2,18,19,21,23). The van der Waals surface area contributed by atoms with Gasteiger partial charge in [0.2, 0.25) is 5.91 Å². The number of carbonyl (C=O) groups is 2. The first kappa shape index (κ1) is 18.1. The van der Waals surface area contributed by atoms with E-state index in [-0.39, 0.29) is 12.5 Å². The molecule has 0 spiro atoms. The molecule has 0 unspecified atom stereocenters. The van der Waals surface area contributed by atoms with Crippen LogP contribution in [0.15, 0.2) is 36.5 Å². The molecule has 1 aromatic heterocycles. The van der Waals surface area contributed by atoms with Crippen molar-refractivity contribution in [3.8, 4) is 11.5 Å². The number of amides is 3. The molecule has 132 valence electrons. The van der Waals surface area contributed by atoms with Crippen molar-refractivity contribution in [2.45, 2.75) is 6.92 Å². The van der Waals surface area contributed by atoms with Gasteiger partial charge in [-0.2, -0.15) is 0 Å². The van der Waals surface area contributed by atoms with Crippen LogP contribution in [0.3, 0.4) is 0 Å². The van der Waals surface area contributed by atoms with Gasteiger partial charge in [-0.15, -0.1) is 0 Å². The van der Waals surface area contributed by atoms with Crippen molar-refractivity contribution in [3.05, 3.63) is 42.1 Å². The zero-order valence-corrected chi connectivity index (χ0v) is 14.3. The third kappa shape index (κ3) is 5.69. The van der Waals surface area contributed by atoms with Gasteiger partial charge in [-0.05, 0) is 18.6 Å². The largest absolute Gasteiger partial charge is 0.497 e. The second-order valence-electron chi connectivity index (χ2n) is 5.18. The smallest absolute Gasteiger partial charge is 0.320 e. The molecule has 25 heavy (non-hydrogen) atoms. The van der Waals surface area contributed by atoms with Gasteiger partial charge in [0.25, 0.3) is 0 Å².